The van der Waals surface area contributed by atoms with Gasteiger partial charge in [-0.05, 0) is 11.5 Å². The Bertz CT molecular complexity index is 516. The molecule has 2 rings (SSSR count). The van der Waals surface area contributed by atoms with Crippen molar-refractivity contribution in [1.82, 2.24) is 5.16 Å². The molecule has 0 aliphatic rings. The number of non-ortho nitro benzene ring substituents is 1. The topological polar surface area (TPSA) is 69.2 Å². The summed E-state index contributed by atoms with van der Waals surface area (Å²) in [7, 11) is 0. The third-order valence-electron chi connectivity index (χ3n) is 2.33. The molecule has 2 aromatic rings. The Morgan fingerprint density at radius 1 is 1.47 bits per heavy atom. The average Bonchev–Trinajstić information content (AvgIpc) is 2.62. The molecule has 78 valence electrons. The van der Waals surface area contributed by atoms with Gasteiger partial charge in [-0.2, -0.15) is 0 Å². The molecule has 0 N–H and O–H groups in total. The SMILES string of the molecule is CC(C)c1cc([N+](=O)[O-])cc2nocc12. The second kappa shape index (κ2) is 3.34. The molecule has 0 fully saturated rings. The van der Waals surface area contributed by atoms with E-state index >= 15 is 0 Å². The van der Waals surface area contributed by atoms with Crippen LogP contribution in [0, 0.1) is 10.1 Å². The number of rotatable bonds is 2. The number of hydrogen-bond donors (Lipinski definition) is 0. The summed E-state index contributed by atoms with van der Waals surface area (Å²) in [4.78, 5) is 10.3. The molecule has 0 amide bonds. The molecule has 0 bridgehead atoms. The van der Waals surface area contributed by atoms with Gasteiger partial charge in [0.1, 0.15) is 11.8 Å². The highest BCUT2D eigenvalue weighted by molar-refractivity contribution is 5.84. The summed E-state index contributed by atoms with van der Waals surface area (Å²) in [5.74, 6) is 0.201. The number of nitrogens with zero attached hydrogens (tertiary/aromatic N) is 2. The van der Waals surface area contributed by atoms with Crippen molar-refractivity contribution in [3.8, 4) is 0 Å². The normalized spacial score (nSPS) is 11.1. The number of nitro groups is 1. The lowest BCUT2D eigenvalue weighted by molar-refractivity contribution is -0.384. The van der Waals surface area contributed by atoms with Gasteiger partial charge < -0.3 is 4.52 Å². The van der Waals surface area contributed by atoms with E-state index in [1.807, 2.05) is 13.8 Å². The summed E-state index contributed by atoms with van der Waals surface area (Å²) in [6.07, 6.45) is 1.52. The van der Waals surface area contributed by atoms with E-state index in [0.717, 1.165) is 10.9 Å². The smallest absolute Gasteiger partial charge is 0.272 e. The molecular formula is C10H10N2O3. The highest BCUT2D eigenvalue weighted by Gasteiger charge is 2.15. The molecule has 1 heterocycles. The van der Waals surface area contributed by atoms with Crippen LogP contribution in [-0.4, -0.2) is 10.1 Å². The number of benzene rings is 1. The third-order valence-corrected chi connectivity index (χ3v) is 2.33. The minimum atomic E-state index is -0.417. The quantitative estimate of drug-likeness (QED) is 0.559. The lowest BCUT2D eigenvalue weighted by Crippen LogP contribution is -1.93. The molecular weight excluding hydrogens is 196 g/mol. The zero-order valence-corrected chi connectivity index (χ0v) is 8.43. The lowest BCUT2D eigenvalue weighted by atomic mass is 9.99. The first kappa shape index (κ1) is 9.64. The van der Waals surface area contributed by atoms with Crippen molar-refractivity contribution in [3.63, 3.8) is 0 Å². The number of nitro benzene ring substituents is 1. The first-order chi connectivity index (χ1) is 7.09. The van der Waals surface area contributed by atoms with Gasteiger partial charge in [-0.3, -0.25) is 10.1 Å². The predicted molar refractivity (Wildman–Crippen MR) is 54.8 cm³/mol. The molecule has 15 heavy (non-hydrogen) atoms. The van der Waals surface area contributed by atoms with E-state index in [1.165, 1.54) is 12.3 Å². The van der Waals surface area contributed by atoms with E-state index in [0.29, 0.717) is 5.52 Å². The van der Waals surface area contributed by atoms with E-state index in [-0.39, 0.29) is 11.6 Å². The van der Waals surface area contributed by atoms with Crippen LogP contribution >= 0.6 is 0 Å². The zero-order valence-electron chi connectivity index (χ0n) is 8.43. The van der Waals surface area contributed by atoms with Gasteiger partial charge in [-0.25, -0.2) is 0 Å². The van der Waals surface area contributed by atoms with Gasteiger partial charge in [0, 0.05) is 17.5 Å². The minimum Gasteiger partial charge on any atom is -0.363 e. The van der Waals surface area contributed by atoms with E-state index in [9.17, 15) is 10.1 Å². The van der Waals surface area contributed by atoms with Crippen molar-refractivity contribution in [2.75, 3.05) is 0 Å². The minimum absolute atomic E-state index is 0.0556. The Kier molecular flexibility index (Phi) is 2.15. The number of aromatic nitrogens is 1. The maximum atomic E-state index is 10.7. The molecule has 0 saturated carbocycles. The Hall–Kier alpha value is -1.91. The molecule has 0 radical (unpaired) electrons. The first-order valence-corrected chi connectivity index (χ1v) is 4.62. The first-order valence-electron chi connectivity index (χ1n) is 4.62. The standard InChI is InChI=1S/C10H10N2O3/c1-6(2)8-3-7(12(13)14)4-10-9(8)5-15-11-10/h3-6H,1-2H3. The van der Waals surface area contributed by atoms with Gasteiger partial charge in [0.05, 0.1) is 4.92 Å². The molecule has 0 aliphatic carbocycles. The molecule has 1 aromatic heterocycles. The maximum absolute atomic E-state index is 10.7. The summed E-state index contributed by atoms with van der Waals surface area (Å²) in [6, 6.07) is 2.99. The van der Waals surface area contributed by atoms with E-state index in [2.05, 4.69) is 5.16 Å². The van der Waals surface area contributed by atoms with Crippen molar-refractivity contribution in [2.24, 2.45) is 0 Å². The van der Waals surface area contributed by atoms with Crippen LogP contribution in [-0.2, 0) is 0 Å². The highest BCUT2D eigenvalue weighted by atomic mass is 16.6. The van der Waals surface area contributed by atoms with Crippen molar-refractivity contribution in [1.29, 1.82) is 0 Å². The Labute approximate surface area is 85.8 Å². The molecule has 0 spiro atoms. The molecule has 0 unspecified atom stereocenters. The molecule has 5 nitrogen and oxygen atoms in total. The fraction of sp³-hybridized carbons (Fsp3) is 0.300. The summed E-state index contributed by atoms with van der Waals surface area (Å²) < 4.78 is 4.82. The van der Waals surface area contributed by atoms with Gasteiger partial charge in [0.25, 0.3) is 5.69 Å². The van der Waals surface area contributed by atoms with E-state index in [1.54, 1.807) is 6.07 Å². The summed E-state index contributed by atoms with van der Waals surface area (Å²) in [5, 5.41) is 15.3. The maximum Gasteiger partial charge on any atom is 0.272 e. The summed E-state index contributed by atoms with van der Waals surface area (Å²) in [6.45, 7) is 3.96. The third kappa shape index (κ3) is 1.56. The Morgan fingerprint density at radius 2 is 2.20 bits per heavy atom. The van der Waals surface area contributed by atoms with Crippen LogP contribution in [0.4, 0.5) is 5.69 Å². The van der Waals surface area contributed by atoms with Gasteiger partial charge >= 0.3 is 0 Å². The second-order valence-corrected chi connectivity index (χ2v) is 3.69. The van der Waals surface area contributed by atoms with Crippen LogP contribution in [0.15, 0.2) is 22.9 Å². The molecule has 0 saturated heterocycles. The largest absolute Gasteiger partial charge is 0.363 e. The fourth-order valence-electron chi connectivity index (χ4n) is 1.57. The predicted octanol–water partition coefficient (Wildman–Crippen LogP) is 2.86. The van der Waals surface area contributed by atoms with Crippen LogP contribution in [0.1, 0.15) is 25.3 Å². The van der Waals surface area contributed by atoms with Crippen LogP contribution in [0.3, 0.4) is 0 Å². The zero-order chi connectivity index (χ0) is 11.0. The van der Waals surface area contributed by atoms with Crippen molar-refractivity contribution >= 4 is 16.6 Å². The molecule has 0 atom stereocenters. The fourth-order valence-corrected chi connectivity index (χ4v) is 1.57. The average molecular weight is 206 g/mol. The molecule has 0 aliphatic heterocycles. The lowest BCUT2D eigenvalue weighted by Gasteiger charge is -2.05. The Morgan fingerprint density at radius 3 is 2.80 bits per heavy atom. The van der Waals surface area contributed by atoms with E-state index in [4.69, 9.17) is 4.52 Å². The van der Waals surface area contributed by atoms with Crippen molar-refractivity contribution < 1.29 is 9.45 Å². The van der Waals surface area contributed by atoms with Crippen molar-refractivity contribution in [3.05, 3.63) is 34.1 Å². The van der Waals surface area contributed by atoms with Gasteiger partial charge in [-0.15, -0.1) is 0 Å². The van der Waals surface area contributed by atoms with Gasteiger partial charge in [0.2, 0.25) is 0 Å². The van der Waals surface area contributed by atoms with Crippen LogP contribution < -0.4 is 0 Å². The van der Waals surface area contributed by atoms with Gasteiger partial charge in [-0.1, -0.05) is 19.0 Å². The monoisotopic (exact) mass is 206 g/mol. The van der Waals surface area contributed by atoms with Gasteiger partial charge in [0.15, 0.2) is 0 Å². The second-order valence-electron chi connectivity index (χ2n) is 3.69. The Balaban J connectivity index is 2.74. The number of fused-ring (bicyclic) bond motifs is 1. The molecule has 5 heteroatoms. The number of hydrogen-bond acceptors (Lipinski definition) is 4. The highest BCUT2D eigenvalue weighted by Crippen LogP contribution is 2.29. The summed E-state index contributed by atoms with van der Waals surface area (Å²) >= 11 is 0. The van der Waals surface area contributed by atoms with E-state index < -0.39 is 4.92 Å². The summed E-state index contributed by atoms with van der Waals surface area (Å²) in [5.41, 5.74) is 1.48. The van der Waals surface area contributed by atoms with Crippen LogP contribution in [0.5, 0.6) is 0 Å². The van der Waals surface area contributed by atoms with Crippen LogP contribution in [0.2, 0.25) is 0 Å². The van der Waals surface area contributed by atoms with Crippen LogP contribution in [0.25, 0.3) is 10.9 Å². The molecule has 1 aromatic carbocycles. The van der Waals surface area contributed by atoms with Crippen molar-refractivity contribution in [2.45, 2.75) is 19.8 Å².